The molecule has 1 aliphatic heterocycles. The van der Waals surface area contributed by atoms with Crippen LogP contribution in [0.5, 0.6) is 0 Å². The second-order valence-corrected chi connectivity index (χ2v) is 6.30. The summed E-state index contributed by atoms with van der Waals surface area (Å²) in [5.41, 5.74) is 2.41. The first-order valence-electron chi connectivity index (χ1n) is 7.15. The molecule has 102 valence electrons. The summed E-state index contributed by atoms with van der Waals surface area (Å²) in [5.74, 6) is 0. The van der Waals surface area contributed by atoms with Gasteiger partial charge >= 0.3 is 0 Å². The number of anilines is 1. The van der Waals surface area contributed by atoms with Crippen LogP contribution in [0, 0.1) is 6.92 Å². The normalized spacial score (nSPS) is 16.3. The van der Waals surface area contributed by atoms with Gasteiger partial charge in [0.2, 0.25) is 0 Å². The molecule has 19 heavy (non-hydrogen) atoms. The van der Waals surface area contributed by atoms with Crippen LogP contribution in [0.3, 0.4) is 0 Å². The predicted octanol–water partition coefficient (Wildman–Crippen LogP) is 3.50. The number of thiazole rings is 1. The molecule has 0 spiro atoms. The van der Waals surface area contributed by atoms with Crippen molar-refractivity contribution in [3.63, 3.8) is 0 Å². The van der Waals surface area contributed by atoms with Gasteiger partial charge in [-0.05, 0) is 57.5 Å². The number of aromatic nitrogens is 1. The first-order chi connectivity index (χ1) is 9.33. The van der Waals surface area contributed by atoms with Crippen molar-refractivity contribution in [3.8, 4) is 0 Å². The fourth-order valence-electron chi connectivity index (χ4n) is 2.67. The molecule has 1 saturated heterocycles. The van der Waals surface area contributed by atoms with Crippen molar-refractivity contribution >= 4 is 26.7 Å². The highest BCUT2D eigenvalue weighted by atomic mass is 32.1. The Morgan fingerprint density at radius 2 is 2.16 bits per heavy atom. The van der Waals surface area contributed by atoms with E-state index in [2.05, 4.69) is 40.3 Å². The highest BCUT2D eigenvalue weighted by molar-refractivity contribution is 7.22. The van der Waals surface area contributed by atoms with Gasteiger partial charge in [0.25, 0.3) is 0 Å². The summed E-state index contributed by atoms with van der Waals surface area (Å²) in [6, 6.07) is 6.38. The molecule has 2 heterocycles. The van der Waals surface area contributed by atoms with Crippen LogP contribution < -0.4 is 5.32 Å². The van der Waals surface area contributed by atoms with E-state index >= 15 is 0 Å². The maximum Gasteiger partial charge on any atom is 0.183 e. The van der Waals surface area contributed by atoms with Gasteiger partial charge in [0.1, 0.15) is 0 Å². The van der Waals surface area contributed by atoms with E-state index < -0.39 is 0 Å². The van der Waals surface area contributed by atoms with Gasteiger partial charge in [-0.25, -0.2) is 4.98 Å². The first-order valence-corrected chi connectivity index (χ1v) is 7.97. The van der Waals surface area contributed by atoms with E-state index in [9.17, 15) is 0 Å². The van der Waals surface area contributed by atoms with E-state index in [-0.39, 0.29) is 0 Å². The Bertz CT molecular complexity index is 543. The fraction of sp³-hybridized carbons (Fsp3) is 0.533. The number of likely N-dealkylation sites (tertiary alicyclic amines) is 1. The van der Waals surface area contributed by atoms with Crippen LogP contribution in [0.1, 0.15) is 24.8 Å². The monoisotopic (exact) mass is 275 g/mol. The molecule has 1 fully saturated rings. The summed E-state index contributed by atoms with van der Waals surface area (Å²) in [6.07, 6.45) is 3.96. The number of benzene rings is 1. The SMILES string of the molecule is Cc1cccc2sc(NCCCN3CCCC3)nc12. The molecular weight excluding hydrogens is 254 g/mol. The number of fused-ring (bicyclic) bond motifs is 1. The van der Waals surface area contributed by atoms with Gasteiger partial charge in [-0.1, -0.05) is 23.5 Å². The van der Waals surface area contributed by atoms with Crippen LogP contribution in [0.25, 0.3) is 10.2 Å². The molecule has 3 rings (SSSR count). The van der Waals surface area contributed by atoms with E-state index in [0.717, 1.165) is 17.2 Å². The molecule has 1 aliphatic rings. The standard InChI is InChI=1S/C15H21N3S/c1-12-6-4-7-13-14(12)17-15(19-13)16-8-5-11-18-9-2-3-10-18/h4,6-7H,2-3,5,8-11H2,1H3,(H,16,17). The van der Waals surface area contributed by atoms with Crippen LogP contribution in [-0.2, 0) is 0 Å². The van der Waals surface area contributed by atoms with Crippen LogP contribution in [0.2, 0.25) is 0 Å². The molecule has 0 amide bonds. The minimum Gasteiger partial charge on any atom is -0.361 e. The van der Waals surface area contributed by atoms with E-state index in [0.29, 0.717) is 0 Å². The average molecular weight is 275 g/mol. The zero-order valence-corrected chi connectivity index (χ0v) is 12.3. The Labute approximate surface area is 118 Å². The van der Waals surface area contributed by atoms with Crippen molar-refractivity contribution in [1.82, 2.24) is 9.88 Å². The smallest absolute Gasteiger partial charge is 0.183 e. The lowest BCUT2D eigenvalue weighted by atomic mass is 10.2. The molecule has 1 N–H and O–H groups in total. The molecular formula is C15H21N3S. The minimum absolute atomic E-state index is 1.02. The van der Waals surface area contributed by atoms with Gasteiger partial charge in [-0.15, -0.1) is 0 Å². The number of aryl methyl sites for hydroxylation is 1. The van der Waals surface area contributed by atoms with Crippen molar-refractivity contribution in [2.45, 2.75) is 26.2 Å². The molecule has 0 unspecified atom stereocenters. The summed E-state index contributed by atoms with van der Waals surface area (Å²) in [4.78, 5) is 7.24. The van der Waals surface area contributed by atoms with Gasteiger partial charge in [-0.2, -0.15) is 0 Å². The lowest BCUT2D eigenvalue weighted by molar-refractivity contribution is 0.337. The Hall–Kier alpha value is -1.13. The minimum atomic E-state index is 1.02. The zero-order valence-electron chi connectivity index (χ0n) is 11.5. The number of nitrogens with zero attached hydrogens (tertiary/aromatic N) is 2. The number of para-hydroxylation sites is 1. The fourth-order valence-corrected chi connectivity index (χ4v) is 3.64. The van der Waals surface area contributed by atoms with Gasteiger partial charge in [0.15, 0.2) is 5.13 Å². The maximum absolute atomic E-state index is 4.68. The van der Waals surface area contributed by atoms with Gasteiger partial charge < -0.3 is 10.2 Å². The Morgan fingerprint density at radius 1 is 1.32 bits per heavy atom. The van der Waals surface area contributed by atoms with Crippen LogP contribution in [0.15, 0.2) is 18.2 Å². The number of rotatable bonds is 5. The molecule has 2 aromatic rings. The van der Waals surface area contributed by atoms with E-state index in [1.165, 1.54) is 49.2 Å². The molecule has 1 aromatic heterocycles. The molecule has 0 aliphatic carbocycles. The molecule has 4 heteroatoms. The van der Waals surface area contributed by atoms with Gasteiger partial charge in [0, 0.05) is 6.54 Å². The van der Waals surface area contributed by atoms with Crippen molar-refractivity contribution < 1.29 is 0 Å². The third-order valence-electron chi connectivity index (χ3n) is 3.75. The van der Waals surface area contributed by atoms with E-state index in [4.69, 9.17) is 0 Å². The molecule has 0 bridgehead atoms. The molecule has 1 aromatic carbocycles. The van der Waals surface area contributed by atoms with Crippen molar-refractivity contribution in [3.05, 3.63) is 23.8 Å². The van der Waals surface area contributed by atoms with Crippen LogP contribution in [0.4, 0.5) is 5.13 Å². The lowest BCUT2D eigenvalue weighted by Crippen LogP contribution is -2.22. The number of nitrogens with one attached hydrogen (secondary N) is 1. The van der Waals surface area contributed by atoms with Crippen LogP contribution >= 0.6 is 11.3 Å². The quantitative estimate of drug-likeness (QED) is 0.847. The maximum atomic E-state index is 4.68. The van der Waals surface area contributed by atoms with Gasteiger partial charge in [-0.3, -0.25) is 0 Å². The highest BCUT2D eigenvalue weighted by Gasteiger charge is 2.10. The van der Waals surface area contributed by atoms with E-state index in [1.54, 1.807) is 11.3 Å². The largest absolute Gasteiger partial charge is 0.361 e. The van der Waals surface area contributed by atoms with E-state index in [1.807, 2.05) is 0 Å². The average Bonchev–Trinajstić information content (AvgIpc) is 3.04. The molecule has 0 saturated carbocycles. The Balaban J connectivity index is 1.52. The topological polar surface area (TPSA) is 28.2 Å². The van der Waals surface area contributed by atoms with Crippen molar-refractivity contribution in [1.29, 1.82) is 0 Å². The summed E-state index contributed by atoms with van der Waals surface area (Å²) in [6.45, 7) is 6.95. The summed E-state index contributed by atoms with van der Waals surface area (Å²) in [5, 5.41) is 4.53. The van der Waals surface area contributed by atoms with Crippen molar-refractivity contribution in [2.24, 2.45) is 0 Å². The summed E-state index contributed by atoms with van der Waals surface area (Å²) >= 11 is 1.76. The first kappa shape index (κ1) is 12.9. The van der Waals surface area contributed by atoms with Crippen LogP contribution in [-0.4, -0.2) is 36.1 Å². The number of hydrogen-bond acceptors (Lipinski definition) is 4. The highest BCUT2D eigenvalue weighted by Crippen LogP contribution is 2.27. The molecule has 3 nitrogen and oxygen atoms in total. The molecule has 0 atom stereocenters. The Morgan fingerprint density at radius 3 is 2.95 bits per heavy atom. The predicted molar refractivity (Wildman–Crippen MR) is 83.1 cm³/mol. The second-order valence-electron chi connectivity index (χ2n) is 5.27. The third-order valence-corrected chi connectivity index (χ3v) is 4.73. The summed E-state index contributed by atoms with van der Waals surface area (Å²) in [7, 11) is 0. The summed E-state index contributed by atoms with van der Waals surface area (Å²) < 4.78 is 1.28. The number of hydrogen-bond donors (Lipinski definition) is 1. The third kappa shape index (κ3) is 3.07. The second kappa shape index (κ2) is 5.88. The zero-order chi connectivity index (χ0) is 13.1. The lowest BCUT2D eigenvalue weighted by Gasteiger charge is -2.13. The Kier molecular flexibility index (Phi) is 3.99. The van der Waals surface area contributed by atoms with Gasteiger partial charge in [0.05, 0.1) is 10.2 Å². The molecule has 0 radical (unpaired) electrons. The van der Waals surface area contributed by atoms with Crippen molar-refractivity contribution in [2.75, 3.05) is 31.5 Å².